The van der Waals surface area contributed by atoms with Crippen LogP contribution in [0.15, 0.2) is 53.4 Å². The number of thioether (sulfide) groups is 1. The maximum Gasteiger partial charge on any atom is 0.306 e. The number of carbonyl (C=O) groups is 3. The first-order valence-electron chi connectivity index (χ1n) is 13.0. The average Bonchev–Trinajstić information content (AvgIpc) is 2.89. The van der Waals surface area contributed by atoms with Crippen molar-refractivity contribution in [2.75, 3.05) is 17.7 Å². The second-order valence-corrected chi connectivity index (χ2v) is 10.2. The maximum absolute atomic E-state index is 12.6. The average molecular weight is 529 g/mol. The number of ether oxygens (including phenoxy) is 2. The van der Waals surface area contributed by atoms with Gasteiger partial charge in [-0.3, -0.25) is 14.4 Å². The summed E-state index contributed by atoms with van der Waals surface area (Å²) in [5.74, 6) is 0.735. The van der Waals surface area contributed by atoms with E-state index in [4.69, 9.17) is 9.47 Å². The Kier molecular flexibility index (Phi) is 13.6. The Labute approximate surface area is 225 Å². The number of unbranched alkanes of at least 4 members (excludes halogenated alkanes) is 1. The van der Waals surface area contributed by atoms with Crippen LogP contribution in [0.25, 0.3) is 0 Å². The lowest BCUT2D eigenvalue weighted by Crippen LogP contribution is -2.40. The molecule has 2 amide bonds. The van der Waals surface area contributed by atoms with Gasteiger partial charge in [0.25, 0.3) is 0 Å². The van der Waals surface area contributed by atoms with Gasteiger partial charge in [0.1, 0.15) is 18.4 Å². The van der Waals surface area contributed by atoms with Crippen LogP contribution in [0.3, 0.4) is 0 Å². The Hall–Kier alpha value is -3.00. The van der Waals surface area contributed by atoms with Crippen molar-refractivity contribution in [2.45, 2.75) is 77.3 Å². The minimum absolute atomic E-state index is 0.219. The fraction of sp³-hybridized carbons (Fsp3) is 0.483. The lowest BCUT2D eigenvalue weighted by molar-refractivity contribution is -0.144. The van der Waals surface area contributed by atoms with Gasteiger partial charge in [0.05, 0.1) is 18.7 Å². The fourth-order valence-electron chi connectivity index (χ4n) is 3.59. The van der Waals surface area contributed by atoms with Gasteiger partial charge in [-0.15, -0.1) is 11.8 Å². The predicted molar refractivity (Wildman–Crippen MR) is 149 cm³/mol. The lowest BCUT2D eigenvalue weighted by Gasteiger charge is -2.17. The number of nitrogens with one attached hydrogen (secondary N) is 2. The van der Waals surface area contributed by atoms with Gasteiger partial charge in [-0.1, -0.05) is 63.4 Å². The van der Waals surface area contributed by atoms with Crippen LogP contribution in [0.1, 0.15) is 65.4 Å². The fourth-order valence-corrected chi connectivity index (χ4v) is 4.56. The SMILES string of the molecule is CCCCC(CC)COC(=O)CCSc1cc(OCc2ccccc2)ccc1NC(=O)C(C)NC(C)=O. The van der Waals surface area contributed by atoms with Gasteiger partial charge in [0, 0.05) is 17.6 Å². The molecule has 2 aromatic carbocycles. The van der Waals surface area contributed by atoms with Crippen molar-refractivity contribution in [3.8, 4) is 5.75 Å². The number of carbonyl (C=O) groups excluding carboxylic acids is 3. The van der Waals surface area contributed by atoms with Crippen molar-refractivity contribution in [2.24, 2.45) is 5.92 Å². The van der Waals surface area contributed by atoms with E-state index in [0.717, 1.165) is 36.1 Å². The Morgan fingerprint density at radius 1 is 1.05 bits per heavy atom. The third-order valence-electron chi connectivity index (χ3n) is 5.86. The monoisotopic (exact) mass is 528 g/mol. The van der Waals surface area contributed by atoms with E-state index in [1.807, 2.05) is 36.4 Å². The lowest BCUT2D eigenvalue weighted by atomic mass is 10.0. The van der Waals surface area contributed by atoms with Gasteiger partial charge in [0.15, 0.2) is 0 Å². The molecule has 0 aliphatic carbocycles. The molecular formula is C29H40N2O5S. The van der Waals surface area contributed by atoms with E-state index in [1.165, 1.54) is 18.7 Å². The summed E-state index contributed by atoms with van der Waals surface area (Å²) in [7, 11) is 0. The summed E-state index contributed by atoms with van der Waals surface area (Å²) in [6, 6.07) is 14.6. The van der Waals surface area contributed by atoms with Crippen molar-refractivity contribution in [1.82, 2.24) is 5.32 Å². The molecule has 0 aliphatic rings. The van der Waals surface area contributed by atoms with Crippen molar-refractivity contribution in [3.63, 3.8) is 0 Å². The number of hydrogen-bond donors (Lipinski definition) is 2. The summed E-state index contributed by atoms with van der Waals surface area (Å²) in [4.78, 5) is 37.0. The number of anilines is 1. The summed E-state index contributed by atoms with van der Waals surface area (Å²) in [6.45, 7) is 8.16. The second-order valence-electron chi connectivity index (χ2n) is 9.04. The Morgan fingerprint density at radius 2 is 1.81 bits per heavy atom. The van der Waals surface area contributed by atoms with Crippen LogP contribution in [-0.2, 0) is 25.7 Å². The zero-order chi connectivity index (χ0) is 27.0. The molecular weight excluding hydrogens is 488 g/mol. The molecule has 2 unspecified atom stereocenters. The van der Waals surface area contributed by atoms with E-state index in [2.05, 4.69) is 24.5 Å². The van der Waals surface area contributed by atoms with Crippen LogP contribution in [0, 0.1) is 5.92 Å². The molecule has 0 fully saturated rings. The second kappa shape index (κ2) is 16.7. The number of hydrogen-bond acceptors (Lipinski definition) is 6. The van der Waals surface area contributed by atoms with Crippen LogP contribution >= 0.6 is 11.8 Å². The molecule has 2 atom stereocenters. The molecule has 7 nitrogen and oxygen atoms in total. The number of benzene rings is 2. The summed E-state index contributed by atoms with van der Waals surface area (Å²) < 4.78 is 11.5. The van der Waals surface area contributed by atoms with E-state index in [-0.39, 0.29) is 24.2 Å². The largest absolute Gasteiger partial charge is 0.489 e. The van der Waals surface area contributed by atoms with Gasteiger partial charge in [-0.25, -0.2) is 0 Å². The predicted octanol–water partition coefficient (Wildman–Crippen LogP) is 5.97. The first kappa shape index (κ1) is 30.2. The first-order valence-corrected chi connectivity index (χ1v) is 14.0. The number of esters is 1. The van der Waals surface area contributed by atoms with Crippen molar-refractivity contribution in [3.05, 3.63) is 54.1 Å². The van der Waals surface area contributed by atoms with E-state index in [0.29, 0.717) is 36.3 Å². The molecule has 202 valence electrons. The van der Waals surface area contributed by atoms with E-state index in [1.54, 1.807) is 19.1 Å². The highest BCUT2D eigenvalue weighted by atomic mass is 32.2. The zero-order valence-corrected chi connectivity index (χ0v) is 23.2. The minimum atomic E-state index is -0.682. The van der Waals surface area contributed by atoms with Crippen molar-refractivity contribution < 1.29 is 23.9 Å². The zero-order valence-electron chi connectivity index (χ0n) is 22.4. The molecule has 0 bridgehead atoms. The summed E-state index contributed by atoms with van der Waals surface area (Å²) in [6.07, 6.45) is 4.61. The summed E-state index contributed by atoms with van der Waals surface area (Å²) in [5, 5.41) is 5.46. The van der Waals surface area contributed by atoms with E-state index < -0.39 is 6.04 Å². The molecule has 0 radical (unpaired) electrons. The molecule has 0 aliphatic heterocycles. The van der Waals surface area contributed by atoms with E-state index in [9.17, 15) is 14.4 Å². The quantitative estimate of drug-likeness (QED) is 0.206. The molecule has 0 saturated carbocycles. The van der Waals surface area contributed by atoms with Crippen LogP contribution in [0.2, 0.25) is 0 Å². The molecule has 0 aromatic heterocycles. The highest BCUT2D eigenvalue weighted by Gasteiger charge is 2.17. The minimum Gasteiger partial charge on any atom is -0.489 e. The molecule has 0 heterocycles. The van der Waals surface area contributed by atoms with Gasteiger partial charge in [-0.2, -0.15) is 0 Å². The number of rotatable bonds is 16. The Balaban J connectivity index is 2.01. The molecule has 0 saturated heterocycles. The smallest absolute Gasteiger partial charge is 0.306 e. The first-order chi connectivity index (χ1) is 17.8. The third kappa shape index (κ3) is 11.7. The van der Waals surface area contributed by atoms with E-state index >= 15 is 0 Å². The maximum atomic E-state index is 12.6. The molecule has 37 heavy (non-hydrogen) atoms. The summed E-state index contributed by atoms with van der Waals surface area (Å²) >= 11 is 1.45. The van der Waals surface area contributed by atoms with Crippen molar-refractivity contribution >= 4 is 35.2 Å². The Morgan fingerprint density at radius 3 is 2.49 bits per heavy atom. The number of amides is 2. The van der Waals surface area contributed by atoms with Gasteiger partial charge in [-0.05, 0) is 43.0 Å². The highest BCUT2D eigenvalue weighted by molar-refractivity contribution is 7.99. The standard InChI is InChI=1S/C29H40N2O5S/c1-5-7-11-23(6-2)19-36-28(33)16-17-37-27-18-25(35-20-24-12-9-8-10-13-24)14-15-26(27)31-29(34)21(3)30-22(4)32/h8-10,12-15,18,21,23H,5-7,11,16-17,19-20H2,1-4H3,(H,30,32)(H,31,34). The third-order valence-corrected chi connectivity index (χ3v) is 6.92. The van der Waals surface area contributed by atoms with Gasteiger partial charge < -0.3 is 20.1 Å². The van der Waals surface area contributed by atoms with Crippen LogP contribution in [0.4, 0.5) is 5.69 Å². The summed E-state index contributed by atoms with van der Waals surface area (Å²) in [5.41, 5.74) is 1.64. The molecule has 0 spiro atoms. The van der Waals surface area contributed by atoms with Gasteiger partial charge in [0.2, 0.25) is 11.8 Å². The normalized spacial score (nSPS) is 12.3. The highest BCUT2D eigenvalue weighted by Crippen LogP contribution is 2.32. The van der Waals surface area contributed by atoms with Crippen LogP contribution < -0.4 is 15.4 Å². The molecule has 2 rings (SSSR count). The molecule has 8 heteroatoms. The topological polar surface area (TPSA) is 93.7 Å². The molecule has 2 N–H and O–H groups in total. The van der Waals surface area contributed by atoms with Crippen LogP contribution in [0.5, 0.6) is 5.75 Å². The van der Waals surface area contributed by atoms with Gasteiger partial charge >= 0.3 is 5.97 Å². The Bertz CT molecular complexity index is 999. The van der Waals surface area contributed by atoms with Crippen LogP contribution in [-0.4, -0.2) is 36.2 Å². The van der Waals surface area contributed by atoms with Crippen molar-refractivity contribution in [1.29, 1.82) is 0 Å². The molecule has 2 aromatic rings.